The molecule has 0 atom stereocenters. The second-order valence-electron chi connectivity index (χ2n) is 4.99. The highest BCUT2D eigenvalue weighted by Gasteiger charge is 2.17. The molecule has 1 rings (SSSR count). The third kappa shape index (κ3) is 6.03. The Hall–Kier alpha value is -1.76. The molecular weight excluding hydrogens is 292 g/mol. The number of benzene rings is 1. The molecule has 7 heteroatoms. The Balaban J connectivity index is 2.89. The van der Waals surface area contributed by atoms with Crippen molar-refractivity contribution in [1.29, 1.82) is 0 Å². The van der Waals surface area contributed by atoms with Gasteiger partial charge in [-0.05, 0) is 38.5 Å². The lowest BCUT2D eigenvalue weighted by molar-refractivity contribution is 0.180. The fraction of sp³-hybridized carbons (Fsp3) is 0.500. The van der Waals surface area contributed by atoms with Gasteiger partial charge in [0.25, 0.3) is 0 Å². The van der Waals surface area contributed by atoms with Crippen molar-refractivity contribution in [3.63, 3.8) is 0 Å². The highest BCUT2D eigenvalue weighted by atomic mass is 32.2. The van der Waals surface area contributed by atoms with E-state index in [1.807, 2.05) is 26.8 Å². The van der Waals surface area contributed by atoms with Crippen molar-refractivity contribution in [3.8, 4) is 5.75 Å². The first-order chi connectivity index (χ1) is 9.73. The molecule has 0 unspecified atom stereocenters. The van der Waals surface area contributed by atoms with E-state index in [9.17, 15) is 13.2 Å². The van der Waals surface area contributed by atoms with Crippen molar-refractivity contribution in [2.24, 2.45) is 0 Å². The van der Waals surface area contributed by atoms with Crippen LogP contribution in [-0.4, -0.2) is 38.2 Å². The van der Waals surface area contributed by atoms with Crippen LogP contribution in [0.3, 0.4) is 0 Å². The molecule has 1 N–H and O–H groups in total. The molecule has 118 valence electrons. The van der Waals surface area contributed by atoms with E-state index in [0.717, 1.165) is 11.8 Å². The SMILES string of the molecule is CCNC(=O)N(Cc1cccc(OS(C)(=O)=O)c1)C(C)C. The van der Waals surface area contributed by atoms with E-state index in [1.54, 1.807) is 23.1 Å². The van der Waals surface area contributed by atoms with Crippen LogP contribution in [0.25, 0.3) is 0 Å². The molecule has 0 fully saturated rings. The molecule has 6 nitrogen and oxygen atoms in total. The molecule has 0 aliphatic heterocycles. The first-order valence-corrected chi connectivity index (χ1v) is 8.57. The number of nitrogens with zero attached hydrogens (tertiary/aromatic N) is 1. The third-order valence-corrected chi connectivity index (χ3v) is 3.21. The molecule has 0 heterocycles. The first kappa shape index (κ1) is 17.3. The van der Waals surface area contributed by atoms with Gasteiger partial charge in [0.1, 0.15) is 5.75 Å². The van der Waals surface area contributed by atoms with Gasteiger partial charge in [-0.3, -0.25) is 0 Å². The zero-order chi connectivity index (χ0) is 16.0. The lowest BCUT2D eigenvalue weighted by atomic mass is 10.2. The van der Waals surface area contributed by atoms with Crippen molar-refractivity contribution < 1.29 is 17.4 Å². The maximum atomic E-state index is 12.0. The monoisotopic (exact) mass is 314 g/mol. The molecule has 21 heavy (non-hydrogen) atoms. The van der Waals surface area contributed by atoms with Gasteiger partial charge in [0, 0.05) is 19.1 Å². The fourth-order valence-corrected chi connectivity index (χ4v) is 2.26. The molecule has 0 aliphatic rings. The minimum Gasteiger partial charge on any atom is -0.383 e. The smallest absolute Gasteiger partial charge is 0.317 e. The van der Waals surface area contributed by atoms with E-state index in [-0.39, 0.29) is 17.8 Å². The van der Waals surface area contributed by atoms with Crippen molar-refractivity contribution in [1.82, 2.24) is 10.2 Å². The number of hydrogen-bond donors (Lipinski definition) is 1. The molecule has 0 spiro atoms. The number of amides is 2. The van der Waals surface area contributed by atoms with Crippen molar-refractivity contribution in [3.05, 3.63) is 29.8 Å². The minimum absolute atomic E-state index is 0.0241. The van der Waals surface area contributed by atoms with Gasteiger partial charge in [-0.15, -0.1) is 0 Å². The Morgan fingerprint density at radius 2 is 2.05 bits per heavy atom. The maximum Gasteiger partial charge on any atom is 0.317 e. The van der Waals surface area contributed by atoms with Gasteiger partial charge < -0.3 is 14.4 Å². The Kier molecular flexibility index (Phi) is 6.02. The van der Waals surface area contributed by atoms with Crippen LogP contribution in [0.2, 0.25) is 0 Å². The van der Waals surface area contributed by atoms with Crippen LogP contribution in [-0.2, 0) is 16.7 Å². The van der Waals surface area contributed by atoms with Gasteiger partial charge >= 0.3 is 16.1 Å². The zero-order valence-corrected chi connectivity index (χ0v) is 13.6. The average Bonchev–Trinajstić information content (AvgIpc) is 2.34. The Bertz CT molecular complexity index is 584. The van der Waals surface area contributed by atoms with Crippen molar-refractivity contribution in [2.45, 2.75) is 33.4 Å². The molecule has 0 aromatic heterocycles. The predicted molar refractivity (Wildman–Crippen MR) is 81.7 cm³/mol. The molecule has 1 aromatic rings. The van der Waals surface area contributed by atoms with Gasteiger partial charge in [-0.25, -0.2) is 4.79 Å². The average molecular weight is 314 g/mol. The summed E-state index contributed by atoms with van der Waals surface area (Å²) in [5.74, 6) is 0.245. The number of nitrogens with one attached hydrogen (secondary N) is 1. The van der Waals surface area contributed by atoms with Gasteiger partial charge in [0.05, 0.1) is 6.26 Å². The van der Waals surface area contributed by atoms with Gasteiger partial charge in [0.15, 0.2) is 0 Å². The van der Waals surface area contributed by atoms with Crippen LogP contribution in [0.1, 0.15) is 26.3 Å². The van der Waals surface area contributed by atoms with Crippen molar-refractivity contribution >= 4 is 16.1 Å². The minimum atomic E-state index is -3.56. The lowest BCUT2D eigenvalue weighted by Gasteiger charge is -2.27. The highest BCUT2D eigenvalue weighted by Crippen LogP contribution is 2.17. The van der Waals surface area contributed by atoms with Crippen LogP contribution in [0.15, 0.2) is 24.3 Å². The van der Waals surface area contributed by atoms with E-state index in [1.165, 1.54) is 0 Å². The Morgan fingerprint density at radius 1 is 1.38 bits per heavy atom. The largest absolute Gasteiger partial charge is 0.383 e. The lowest BCUT2D eigenvalue weighted by Crippen LogP contribution is -2.43. The highest BCUT2D eigenvalue weighted by molar-refractivity contribution is 7.86. The van der Waals surface area contributed by atoms with Crippen molar-refractivity contribution in [2.75, 3.05) is 12.8 Å². The van der Waals surface area contributed by atoms with Gasteiger partial charge in [-0.1, -0.05) is 12.1 Å². The molecule has 1 aromatic carbocycles. The number of rotatable bonds is 6. The predicted octanol–water partition coefficient (Wildman–Crippen LogP) is 1.96. The summed E-state index contributed by atoms with van der Waals surface area (Å²) in [6.45, 7) is 6.64. The molecule has 0 radical (unpaired) electrons. The summed E-state index contributed by atoms with van der Waals surface area (Å²) in [5.41, 5.74) is 0.802. The van der Waals surface area contributed by atoms with E-state index >= 15 is 0 Å². The number of hydrogen-bond acceptors (Lipinski definition) is 4. The topological polar surface area (TPSA) is 75.7 Å². The first-order valence-electron chi connectivity index (χ1n) is 6.75. The van der Waals surface area contributed by atoms with Crippen LogP contribution in [0, 0.1) is 0 Å². The number of urea groups is 1. The molecule has 0 aliphatic carbocycles. The summed E-state index contributed by atoms with van der Waals surface area (Å²) >= 11 is 0. The van der Waals surface area contributed by atoms with E-state index < -0.39 is 10.1 Å². The fourth-order valence-electron chi connectivity index (χ4n) is 1.81. The third-order valence-electron chi connectivity index (χ3n) is 2.71. The zero-order valence-electron chi connectivity index (χ0n) is 12.8. The summed E-state index contributed by atoms with van der Waals surface area (Å²) in [5, 5.41) is 2.76. The second kappa shape index (κ2) is 7.31. The van der Waals surface area contributed by atoms with Crippen LogP contribution in [0.5, 0.6) is 5.75 Å². The molecular formula is C14H22N2O4S. The second-order valence-corrected chi connectivity index (χ2v) is 6.57. The summed E-state index contributed by atoms with van der Waals surface area (Å²) in [6, 6.07) is 6.58. The summed E-state index contributed by atoms with van der Waals surface area (Å²) in [7, 11) is -3.56. The summed E-state index contributed by atoms with van der Waals surface area (Å²) in [4.78, 5) is 13.7. The quantitative estimate of drug-likeness (QED) is 0.815. The molecule has 0 bridgehead atoms. The molecule has 0 saturated heterocycles. The number of carbonyl (C=O) groups is 1. The normalized spacial score (nSPS) is 11.3. The maximum absolute atomic E-state index is 12.0. The van der Waals surface area contributed by atoms with E-state index in [2.05, 4.69) is 5.32 Å². The van der Waals surface area contributed by atoms with Crippen LogP contribution in [0.4, 0.5) is 4.79 Å². The Labute approximate surface area is 126 Å². The van der Waals surface area contributed by atoms with Gasteiger partial charge in [-0.2, -0.15) is 8.42 Å². The van der Waals surface area contributed by atoms with Crippen LogP contribution >= 0.6 is 0 Å². The van der Waals surface area contributed by atoms with Gasteiger partial charge in [0.2, 0.25) is 0 Å². The van der Waals surface area contributed by atoms with Crippen LogP contribution < -0.4 is 9.50 Å². The summed E-state index contributed by atoms with van der Waals surface area (Å²) in [6.07, 6.45) is 0.995. The number of carbonyl (C=O) groups excluding carboxylic acids is 1. The molecule has 2 amide bonds. The standard InChI is InChI=1S/C14H22N2O4S/c1-5-15-14(17)16(11(2)3)10-12-7-6-8-13(9-12)20-21(4,18)19/h6-9,11H,5,10H2,1-4H3,(H,15,17). The van der Waals surface area contributed by atoms with E-state index in [0.29, 0.717) is 13.1 Å². The van der Waals surface area contributed by atoms with E-state index in [4.69, 9.17) is 4.18 Å². The Morgan fingerprint density at radius 3 is 2.57 bits per heavy atom. The molecule has 0 saturated carbocycles. The summed E-state index contributed by atoms with van der Waals surface area (Å²) < 4.78 is 27.1.